The number of ether oxygens (including phenoxy) is 1. The number of carboxylic acids is 1. The van der Waals surface area contributed by atoms with Gasteiger partial charge in [0.25, 0.3) is 0 Å². The summed E-state index contributed by atoms with van der Waals surface area (Å²) in [7, 11) is 0. The number of alkyl halides is 3. The average molecular weight is 354 g/mol. The Labute approximate surface area is 142 Å². The van der Waals surface area contributed by atoms with Gasteiger partial charge in [-0.3, -0.25) is 0 Å². The highest BCUT2D eigenvalue weighted by Gasteiger charge is 2.32. The van der Waals surface area contributed by atoms with E-state index in [2.05, 4.69) is 0 Å². The number of rotatable bonds is 3. The standard InChI is InChI=1S/C17H17F3N2O3/c18-17(19,20)13-1-2-14(22-7-9-25-10-8-22)15(11-13)21-5-3-12(4-6-21)16(23)24/h1-5,11H,6-10H2,(H,23,24). The van der Waals surface area contributed by atoms with Crippen LogP contribution in [-0.4, -0.2) is 43.9 Å². The first-order valence-electron chi connectivity index (χ1n) is 7.78. The lowest BCUT2D eigenvalue weighted by molar-refractivity contribution is -0.137. The zero-order valence-corrected chi connectivity index (χ0v) is 13.3. The SMILES string of the molecule is O=C(O)C1=CCN(c2cc(C(F)(F)F)ccc2N2CCOCC2)C=C1. The van der Waals surface area contributed by atoms with Crippen LogP contribution in [0.15, 0.2) is 42.1 Å². The molecule has 0 aromatic heterocycles. The third kappa shape index (κ3) is 3.79. The summed E-state index contributed by atoms with van der Waals surface area (Å²) in [6.45, 7) is 2.40. The maximum Gasteiger partial charge on any atom is 0.416 e. The summed E-state index contributed by atoms with van der Waals surface area (Å²) < 4.78 is 44.7. The van der Waals surface area contributed by atoms with Gasteiger partial charge < -0.3 is 19.6 Å². The Morgan fingerprint density at radius 2 is 1.88 bits per heavy atom. The molecule has 0 bridgehead atoms. The van der Waals surface area contributed by atoms with Gasteiger partial charge >= 0.3 is 12.1 Å². The summed E-state index contributed by atoms with van der Waals surface area (Å²) in [5, 5.41) is 9.00. The van der Waals surface area contributed by atoms with Crippen LogP contribution in [0.1, 0.15) is 5.56 Å². The molecule has 2 heterocycles. The number of morpholine rings is 1. The van der Waals surface area contributed by atoms with E-state index in [0.29, 0.717) is 37.7 Å². The molecule has 1 saturated heterocycles. The molecule has 0 radical (unpaired) electrons. The molecule has 1 fully saturated rings. The summed E-state index contributed by atoms with van der Waals surface area (Å²) in [5.74, 6) is -1.06. The molecule has 5 nitrogen and oxygen atoms in total. The molecule has 0 atom stereocenters. The van der Waals surface area contributed by atoms with Crippen molar-refractivity contribution in [2.45, 2.75) is 6.18 Å². The molecular formula is C17H17F3N2O3. The van der Waals surface area contributed by atoms with E-state index in [1.807, 2.05) is 4.90 Å². The zero-order chi connectivity index (χ0) is 18.0. The van der Waals surface area contributed by atoms with Crippen LogP contribution in [0.2, 0.25) is 0 Å². The Morgan fingerprint density at radius 1 is 1.16 bits per heavy atom. The van der Waals surface area contributed by atoms with Crippen LogP contribution in [0, 0.1) is 0 Å². The minimum Gasteiger partial charge on any atom is -0.478 e. The molecule has 3 rings (SSSR count). The molecule has 2 aliphatic heterocycles. The van der Waals surface area contributed by atoms with E-state index in [4.69, 9.17) is 9.84 Å². The molecule has 1 aromatic rings. The smallest absolute Gasteiger partial charge is 0.416 e. The van der Waals surface area contributed by atoms with Gasteiger partial charge in [0.1, 0.15) is 0 Å². The number of benzene rings is 1. The van der Waals surface area contributed by atoms with Crippen molar-refractivity contribution in [1.29, 1.82) is 0 Å². The van der Waals surface area contributed by atoms with Crippen molar-refractivity contribution >= 4 is 17.3 Å². The van der Waals surface area contributed by atoms with Gasteiger partial charge in [0.15, 0.2) is 0 Å². The number of hydrogen-bond acceptors (Lipinski definition) is 4. The Hall–Kier alpha value is -2.48. The molecule has 0 saturated carbocycles. The van der Waals surface area contributed by atoms with Crippen LogP contribution in [-0.2, 0) is 15.7 Å². The van der Waals surface area contributed by atoms with Crippen molar-refractivity contribution in [2.75, 3.05) is 42.6 Å². The van der Waals surface area contributed by atoms with E-state index in [1.165, 1.54) is 24.4 Å². The van der Waals surface area contributed by atoms with E-state index < -0.39 is 17.7 Å². The van der Waals surface area contributed by atoms with Gasteiger partial charge in [-0.15, -0.1) is 0 Å². The molecule has 1 N–H and O–H groups in total. The topological polar surface area (TPSA) is 53.0 Å². The predicted molar refractivity (Wildman–Crippen MR) is 86.7 cm³/mol. The van der Waals surface area contributed by atoms with Gasteiger partial charge in [-0.25, -0.2) is 4.79 Å². The highest BCUT2D eigenvalue weighted by molar-refractivity contribution is 5.90. The molecule has 0 unspecified atom stereocenters. The van der Waals surface area contributed by atoms with Crippen LogP contribution in [0.4, 0.5) is 24.5 Å². The summed E-state index contributed by atoms with van der Waals surface area (Å²) in [5.41, 5.74) is 0.457. The number of nitrogens with zero attached hydrogens (tertiary/aromatic N) is 2. The highest BCUT2D eigenvalue weighted by atomic mass is 19.4. The van der Waals surface area contributed by atoms with Crippen molar-refractivity contribution in [2.24, 2.45) is 0 Å². The summed E-state index contributed by atoms with van der Waals surface area (Å²) in [6.07, 6.45) is -0.0797. The minimum atomic E-state index is -4.44. The molecule has 1 aromatic carbocycles. The average Bonchev–Trinajstić information content (AvgIpc) is 2.61. The van der Waals surface area contributed by atoms with Gasteiger partial charge in [0.05, 0.1) is 35.7 Å². The number of hydrogen-bond donors (Lipinski definition) is 1. The maximum absolute atomic E-state index is 13.1. The number of aliphatic carboxylic acids is 1. The Kier molecular flexibility index (Phi) is 4.71. The molecule has 0 amide bonds. The van der Waals surface area contributed by atoms with Crippen LogP contribution >= 0.6 is 0 Å². The normalized spacial score (nSPS) is 18.3. The van der Waals surface area contributed by atoms with Crippen LogP contribution in [0.3, 0.4) is 0 Å². The molecule has 2 aliphatic rings. The third-order valence-corrected chi connectivity index (χ3v) is 4.15. The molecular weight excluding hydrogens is 337 g/mol. The summed E-state index contributed by atoms with van der Waals surface area (Å²) in [4.78, 5) is 14.6. The highest BCUT2D eigenvalue weighted by Crippen LogP contribution is 2.38. The van der Waals surface area contributed by atoms with Crippen LogP contribution in [0.25, 0.3) is 0 Å². The largest absolute Gasteiger partial charge is 0.478 e. The van der Waals surface area contributed by atoms with Crippen molar-refractivity contribution in [3.8, 4) is 0 Å². The van der Waals surface area contributed by atoms with E-state index >= 15 is 0 Å². The van der Waals surface area contributed by atoms with E-state index in [9.17, 15) is 18.0 Å². The fourth-order valence-electron chi connectivity index (χ4n) is 2.83. The first-order chi connectivity index (χ1) is 11.9. The van der Waals surface area contributed by atoms with Gasteiger partial charge in [-0.1, -0.05) is 6.08 Å². The van der Waals surface area contributed by atoms with Crippen molar-refractivity contribution in [3.05, 3.63) is 47.7 Å². The van der Waals surface area contributed by atoms with E-state index in [0.717, 1.165) is 12.1 Å². The molecule has 0 aliphatic carbocycles. The number of halogens is 3. The van der Waals surface area contributed by atoms with Gasteiger partial charge in [0, 0.05) is 25.8 Å². The second kappa shape index (κ2) is 6.79. The molecule has 0 spiro atoms. The Balaban J connectivity index is 1.97. The van der Waals surface area contributed by atoms with E-state index in [-0.39, 0.29) is 12.1 Å². The second-order valence-corrected chi connectivity index (χ2v) is 5.73. The zero-order valence-electron chi connectivity index (χ0n) is 13.3. The second-order valence-electron chi connectivity index (χ2n) is 5.73. The van der Waals surface area contributed by atoms with E-state index in [1.54, 1.807) is 4.90 Å². The van der Waals surface area contributed by atoms with Crippen molar-refractivity contribution in [3.63, 3.8) is 0 Å². The number of carbonyl (C=O) groups is 1. The lowest BCUT2D eigenvalue weighted by atomic mass is 10.1. The number of anilines is 2. The first-order valence-corrected chi connectivity index (χ1v) is 7.78. The summed E-state index contributed by atoms with van der Waals surface area (Å²) >= 11 is 0. The molecule has 8 heteroatoms. The van der Waals surface area contributed by atoms with Gasteiger partial charge in [-0.2, -0.15) is 13.2 Å². The summed E-state index contributed by atoms with van der Waals surface area (Å²) in [6, 6.07) is 3.64. The fraction of sp³-hybridized carbons (Fsp3) is 0.353. The Morgan fingerprint density at radius 3 is 2.44 bits per heavy atom. The molecule has 25 heavy (non-hydrogen) atoms. The van der Waals surface area contributed by atoms with Crippen LogP contribution in [0.5, 0.6) is 0 Å². The van der Waals surface area contributed by atoms with Crippen LogP contribution < -0.4 is 9.80 Å². The first kappa shape index (κ1) is 17.3. The van der Waals surface area contributed by atoms with Crippen molar-refractivity contribution in [1.82, 2.24) is 0 Å². The quantitative estimate of drug-likeness (QED) is 0.905. The minimum absolute atomic E-state index is 0.121. The monoisotopic (exact) mass is 354 g/mol. The Bertz CT molecular complexity index is 722. The lowest BCUT2D eigenvalue weighted by Gasteiger charge is -2.34. The van der Waals surface area contributed by atoms with Crippen molar-refractivity contribution < 1.29 is 27.8 Å². The third-order valence-electron chi connectivity index (χ3n) is 4.15. The maximum atomic E-state index is 13.1. The van der Waals surface area contributed by atoms with Gasteiger partial charge in [-0.05, 0) is 24.3 Å². The lowest BCUT2D eigenvalue weighted by Crippen LogP contribution is -2.37. The number of carboxylic acid groups (broad SMARTS) is 1. The fourth-order valence-corrected chi connectivity index (χ4v) is 2.83. The van der Waals surface area contributed by atoms with Gasteiger partial charge in [0.2, 0.25) is 0 Å². The predicted octanol–water partition coefficient (Wildman–Crippen LogP) is 2.89. The molecule has 134 valence electrons.